The van der Waals surface area contributed by atoms with Crippen molar-refractivity contribution in [2.24, 2.45) is 0 Å². The van der Waals surface area contributed by atoms with Gasteiger partial charge >= 0.3 is 0 Å². The van der Waals surface area contributed by atoms with Gasteiger partial charge in [-0.3, -0.25) is 0 Å². The summed E-state index contributed by atoms with van der Waals surface area (Å²) in [7, 11) is -3.53. The number of hydrogen-bond donors (Lipinski definition) is 0. The second kappa shape index (κ2) is 4.55. The second-order valence-corrected chi connectivity index (χ2v) is 5.87. The molecule has 0 amide bonds. The summed E-state index contributed by atoms with van der Waals surface area (Å²) < 4.78 is 25.9. The monoisotopic (exact) mass is 269 g/mol. The summed E-state index contributed by atoms with van der Waals surface area (Å²) in [4.78, 5) is 0.266. The number of nitrogens with zero attached hydrogens (tertiary/aromatic N) is 1. The Morgan fingerprint density at radius 2 is 1.88 bits per heavy atom. The van der Waals surface area contributed by atoms with Crippen molar-refractivity contribution in [2.45, 2.75) is 18.2 Å². The predicted molar refractivity (Wildman–Crippen MR) is 67.8 cm³/mol. The van der Waals surface area contributed by atoms with Crippen LogP contribution in [-0.2, 0) is 16.4 Å². The minimum absolute atomic E-state index is 0.266. The quantitative estimate of drug-likeness (QED) is 0.859. The third-order valence-electron chi connectivity index (χ3n) is 2.49. The molecule has 0 spiro atoms. The van der Waals surface area contributed by atoms with E-state index in [1.807, 2.05) is 6.92 Å². The van der Waals surface area contributed by atoms with Gasteiger partial charge in [-0.2, -0.15) is 0 Å². The predicted octanol–water partition coefficient (Wildman–Crippen LogP) is 2.94. The van der Waals surface area contributed by atoms with Gasteiger partial charge in [-0.15, -0.1) is 0 Å². The topological polar surface area (TPSA) is 39.1 Å². The van der Waals surface area contributed by atoms with Crippen molar-refractivity contribution in [3.8, 4) is 0 Å². The van der Waals surface area contributed by atoms with Crippen LogP contribution in [0.4, 0.5) is 0 Å². The van der Waals surface area contributed by atoms with Crippen molar-refractivity contribution in [3.63, 3.8) is 0 Å². The fraction of sp³-hybridized carbons (Fsp3) is 0.167. The SMILES string of the molecule is CCc1cc(Cl)cn1S(=O)(=O)c1ccccc1. The van der Waals surface area contributed by atoms with Gasteiger partial charge in [0.05, 0.1) is 9.92 Å². The average molecular weight is 270 g/mol. The molecule has 1 heterocycles. The summed E-state index contributed by atoms with van der Waals surface area (Å²) in [5, 5.41) is 0.432. The Morgan fingerprint density at radius 1 is 1.24 bits per heavy atom. The molecule has 17 heavy (non-hydrogen) atoms. The van der Waals surface area contributed by atoms with Gasteiger partial charge in [-0.1, -0.05) is 36.7 Å². The van der Waals surface area contributed by atoms with Crippen molar-refractivity contribution in [1.29, 1.82) is 0 Å². The standard InChI is InChI=1S/C12H12ClNO2S/c1-2-11-8-10(13)9-14(11)17(15,16)12-6-4-3-5-7-12/h3-9H,2H2,1H3. The van der Waals surface area contributed by atoms with E-state index in [4.69, 9.17) is 11.6 Å². The molecule has 0 saturated heterocycles. The maximum atomic E-state index is 12.3. The van der Waals surface area contributed by atoms with E-state index in [2.05, 4.69) is 0 Å². The normalized spacial score (nSPS) is 11.6. The van der Waals surface area contributed by atoms with Gasteiger partial charge in [0, 0.05) is 11.9 Å². The Morgan fingerprint density at radius 3 is 2.47 bits per heavy atom. The first-order chi connectivity index (χ1) is 8.05. The molecule has 0 N–H and O–H groups in total. The summed E-state index contributed by atoms with van der Waals surface area (Å²) in [6, 6.07) is 9.99. The molecular weight excluding hydrogens is 258 g/mol. The minimum Gasteiger partial charge on any atom is -0.244 e. The summed E-state index contributed by atoms with van der Waals surface area (Å²) in [6.07, 6.45) is 2.04. The highest BCUT2D eigenvalue weighted by Crippen LogP contribution is 2.21. The lowest BCUT2D eigenvalue weighted by molar-refractivity contribution is 0.585. The van der Waals surface area contributed by atoms with Gasteiger partial charge in [-0.05, 0) is 24.6 Å². The summed E-state index contributed by atoms with van der Waals surface area (Å²) in [5.74, 6) is 0. The maximum Gasteiger partial charge on any atom is 0.267 e. The molecule has 5 heteroatoms. The summed E-state index contributed by atoms with van der Waals surface area (Å²) in [6.45, 7) is 1.89. The fourth-order valence-electron chi connectivity index (χ4n) is 1.64. The fourth-order valence-corrected chi connectivity index (χ4v) is 3.40. The highest BCUT2D eigenvalue weighted by Gasteiger charge is 2.19. The highest BCUT2D eigenvalue weighted by molar-refractivity contribution is 7.90. The average Bonchev–Trinajstić information content (AvgIpc) is 2.72. The lowest BCUT2D eigenvalue weighted by Gasteiger charge is -2.08. The first-order valence-corrected chi connectivity index (χ1v) is 7.05. The lowest BCUT2D eigenvalue weighted by Crippen LogP contribution is -2.14. The molecule has 0 bridgehead atoms. The molecule has 0 unspecified atom stereocenters. The smallest absolute Gasteiger partial charge is 0.244 e. The van der Waals surface area contributed by atoms with Gasteiger partial charge < -0.3 is 0 Å². The van der Waals surface area contributed by atoms with Crippen LogP contribution in [0.25, 0.3) is 0 Å². The Balaban J connectivity index is 2.60. The third-order valence-corrected chi connectivity index (χ3v) is 4.42. The van der Waals surface area contributed by atoms with Crippen LogP contribution in [0.1, 0.15) is 12.6 Å². The van der Waals surface area contributed by atoms with Crippen molar-refractivity contribution in [1.82, 2.24) is 3.97 Å². The van der Waals surface area contributed by atoms with Crippen LogP contribution in [0.5, 0.6) is 0 Å². The first-order valence-electron chi connectivity index (χ1n) is 5.23. The highest BCUT2D eigenvalue weighted by atomic mass is 35.5. The van der Waals surface area contributed by atoms with Crippen LogP contribution in [0.15, 0.2) is 47.5 Å². The van der Waals surface area contributed by atoms with Crippen molar-refractivity contribution in [2.75, 3.05) is 0 Å². The van der Waals surface area contributed by atoms with E-state index in [9.17, 15) is 8.42 Å². The molecule has 0 fully saturated rings. The zero-order valence-electron chi connectivity index (χ0n) is 9.30. The van der Waals surface area contributed by atoms with Gasteiger partial charge in [0.15, 0.2) is 0 Å². The molecule has 0 saturated carbocycles. The largest absolute Gasteiger partial charge is 0.267 e. The Kier molecular flexibility index (Phi) is 3.26. The molecule has 2 aromatic rings. The van der Waals surface area contributed by atoms with Gasteiger partial charge in [-0.25, -0.2) is 12.4 Å². The van der Waals surface area contributed by atoms with Crippen molar-refractivity contribution < 1.29 is 8.42 Å². The lowest BCUT2D eigenvalue weighted by atomic mass is 10.3. The molecule has 3 nitrogen and oxygen atoms in total. The first kappa shape index (κ1) is 12.2. The number of aryl methyl sites for hydroxylation is 1. The molecule has 1 aromatic heterocycles. The maximum absolute atomic E-state index is 12.3. The number of aromatic nitrogens is 1. The molecule has 0 radical (unpaired) electrons. The van der Waals surface area contributed by atoms with Crippen molar-refractivity contribution in [3.05, 3.63) is 53.3 Å². The zero-order valence-corrected chi connectivity index (χ0v) is 10.9. The van der Waals surface area contributed by atoms with Gasteiger partial charge in [0.1, 0.15) is 0 Å². The second-order valence-electron chi connectivity index (χ2n) is 3.62. The number of halogens is 1. The summed E-state index contributed by atoms with van der Waals surface area (Å²) in [5.41, 5.74) is 0.679. The van der Waals surface area contributed by atoms with E-state index in [1.54, 1.807) is 36.4 Å². The van der Waals surface area contributed by atoms with Crippen LogP contribution >= 0.6 is 11.6 Å². The van der Waals surface area contributed by atoms with Crippen LogP contribution in [0.3, 0.4) is 0 Å². The minimum atomic E-state index is -3.53. The number of hydrogen-bond acceptors (Lipinski definition) is 2. The van der Waals surface area contributed by atoms with E-state index >= 15 is 0 Å². The molecular formula is C12H12ClNO2S. The van der Waals surface area contributed by atoms with E-state index < -0.39 is 10.0 Å². The van der Waals surface area contributed by atoms with Gasteiger partial charge in [0.2, 0.25) is 0 Å². The Hall–Kier alpha value is -1.26. The van der Waals surface area contributed by atoms with Crippen molar-refractivity contribution >= 4 is 21.6 Å². The Bertz CT molecular complexity index is 617. The van der Waals surface area contributed by atoms with Crippen LogP contribution in [0.2, 0.25) is 5.02 Å². The Labute approximate surface area is 106 Å². The van der Waals surface area contributed by atoms with E-state index in [-0.39, 0.29) is 4.90 Å². The molecule has 0 aliphatic heterocycles. The summed E-state index contributed by atoms with van der Waals surface area (Å²) >= 11 is 5.85. The molecule has 2 rings (SSSR count). The van der Waals surface area contributed by atoms with Gasteiger partial charge in [0.25, 0.3) is 10.0 Å². The van der Waals surface area contributed by atoms with E-state index in [0.29, 0.717) is 17.1 Å². The number of benzene rings is 1. The zero-order chi connectivity index (χ0) is 12.5. The molecule has 0 aliphatic carbocycles. The van der Waals surface area contributed by atoms with Crippen LogP contribution in [-0.4, -0.2) is 12.4 Å². The molecule has 0 aliphatic rings. The van der Waals surface area contributed by atoms with E-state index in [1.165, 1.54) is 10.2 Å². The van der Waals surface area contributed by atoms with Crippen LogP contribution < -0.4 is 0 Å². The van der Waals surface area contributed by atoms with E-state index in [0.717, 1.165) is 0 Å². The van der Waals surface area contributed by atoms with Crippen LogP contribution in [0, 0.1) is 0 Å². The third kappa shape index (κ3) is 2.23. The molecule has 0 atom stereocenters. The molecule has 90 valence electrons. The molecule has 1 aromatic carbocycles. The number of rotatable bonds is 3.